The Kier molecular flexibility index (Phi) is 5.32. The Bertz CT molecular complexity index is 387. The highest BCUT2D eigenvalue weighted by Crippen LogP contribution is 2.33. The van der Waals surface area contributed by atoms with Crippen molar-refractivity contribution in [3.63, 3.8) is 0 Å². The summed E-state index contributed by atoms with van der Waals surface area (Å²) in [6, 6.07) is 0.172. The van der Waals surface area contributed by atoms with Gasteiger partial charge in [-0.05, 0) is 19.8 Å². The Balaban J connectivity index is 2.99. The molecule has 0 spiro atoms. The number of alkyl halides is 2. The summed E-state index contributed by atoms with van der Waals surface area (Å²) >= 11 is 0. The fourth-order valence-corrected chi connectivity index (χ4v) is 1.87. The molecule has 1 aliphatic carbocycles. The van der Waals surface area contributed by atoms with Crippen molar-refractivity contribution in [1.29, 1.82) is 0 Å². The summed E-state index contributed by atoms with van der Waals surface area (Å²) in [5.41, 5.74) is 0.537. The standard InChI is InChI=1S/C13H19F2NO3/c1-8(2)12(19-13(14)15)9(3)16(10-4-5-10)7-6-11(17)18/h6-8,10,13H,4-5H2,1-3H3,(H,17,18)/b7-6+,12-9-. The molecule has 0 amide bonds. The number of carboxylic acids is 1. The fraction of sp³-hybridized carbons (Fsp3) is 0.615. The first kappa shape index (κ1) is 15.5. The molecule has 108 valence electrons. The minimum atomic E-state index is -2.88. The lowest BCUT2D eigenvalue weighted by atomic mass is 10.1. The predicted octanol–water partition coefficient (Wildman–Crippen LogP) is 3.18. The van der Waals surface area contributed by atoms with Gasteiger partial charge in [0.15, 0.2) is 0 Å². The van der Waals surface area contributed by atoms with Crippen molar-refractivity contribution in [3.8, 4) is 0 Å². The molecule has 0 atom stereocenters. The molecular weight excluding hydrogens is 256 g/mol. The average Bonchev–Trinajstić information content (AvgIpc) is 3.09. The quantitative estimate of drug-likeness (QED) is 0.572. The monoisotopic (exact) mass is 275 g/mol. The summed E-state index contributed by atoms with van der Waals surface area (Å²) < 4.78 is 29.4. The van der Waals surface area contributed by atoms with E-state index in [0.717, 1.165) is 18.9 Å². The van der Waals surface area contributed by atoms with Crippen molar-refractivity contribution in [1.82, 2.24) is 4.90 Å². The van der Waals surface area contributed by atoms with Crippen LogP contribution < -0.4 is 0 Å². The van der Waals surface area contributed by atoms with Crippen LogP contribution in [-0.2, 0) is 9.53 Å². The van der Waals surface area contributed by atoms with Gasteiger partial charge in [0.1, 0.15) is 5.76 Å². The molecule has 0 bridgehead atoms. The molecule has 19 heavy (non-hydrogen) atoms. The fourth-order valence-electron chi connectivity index (χ4n) is 1.87. The third-order valence-corrected chi connectivity index (χ3v) is 2.80. The maximum Gasteiger partial charge on any atom is 0.387 e. The van der Waals surface area contributed by atoms with Gasteiger partial charge in [-0.1, -0.05) is 13.8 Å². The van der Waals surface area contributed by atoms with Crippen molar-refractivity contribution in [2.24, 2.45) is 5.92 Å². The van der Waals surface area contributed by atoms with E-state index in [9.17, 15) is 13.6 Å². The van der Waals surface area contributed by atoms with Crippen LogP contribution in [0.5, 0.6) is 0 Å². The van der Waals surface area contributed by atoms with Gasteiger partial charge in [0.2, 0.25) is 0 Å². The number of rotatable bonds is 7. The molecule has 1 N–H and O–H groups in total. The number of ether oxygens (including phenoxy) is 1. The topological polar surface area (TPSA) is 49.8 Å². The van der Waals surface area contributed by atoms with Gasteiger partial charge in [-0.25, -0.2) is 4.79 Å². The Morgan fingerprint density at radius 3 is 2.37 bits per heavy atom. The summed E-state index contributed by atoms with van der Waals surface area (Å²) in [5, 5.41) is 8.66. The van der Waals surface area contributed by atoms with Crippen LogP contribution in [0.25, 0.3) is 0 Å². The first-order valence-corrected chi connectivity index (χ1v) is 6.18. The number of allylic oxidation sites excluding steroid dienone is 2. The SMILES string of the molecule is C/C(=C(/OC(F)F)C(C)C)N(/C=C/C(=O)O)C1CC1. The first-order chi connectivity index (χ1) is 8.82. The molecule has 0 aromatic carbocycles. The largest absolute Gasteiger partial charge is 0.478 e. The summed E-state index contributed by atoms with van der Waals surface area (Å²) in [6.07, 6.45) is 4.25. The second-order valence-electron chi connectivity index (χ2n) is 4.78. The van der Waals surface area contributed by atoms with Crippen LogP contribution in [0.1, 0.15) is 33.6 Å². The van der Waals surface area contributed by atoms with Crippen LogP contribution >= 0.6 is 0 Å². The number of carbonyl (C=O) groups is 1. The summed E-state index contributed by atoms with van der Waals surface area (Å²) in [7, 11) is 0. The van der Waals surface area contributed by atoms with E-state index < -0.39 is 12.6 Å². The van der Waals surface area contributed by atoms with Gasteiger partial charge >= 0.3 is 12.6 Å². The molecular formula is C13H19F2NO3. The van der Waals surface area contributed by atoms with E-state index in [0.29, 0.717) is 5.70 Å². The van der Waals surface area contributed by atoms with E-state index in [1.54, 1.807) is 25.7 Å². The number of aliphatic carboxylic acids is 1. The number of carboxylic acid groups (broad SMARTS) is 1. The molecule has 0 radical (unpaired) electrons. The van der Waals surface area contributed by atoms with Gasteiger partial charge in [-0.2, -0.15) is 8.78 Å². The molecule has 0 aliphatic heterocycles. The maximum atomic E-state index is 12.4. The normalized spacial score (nSPS) is 17.0. The summed E-state index contributed by atoms with van der Waals surface area (Å²) in [4.78, 5) is 12.3. The molecule has 0 saturated heterocycles. The van der Waals surface area contributed by atoms with E-state index in [1.807, 2.05) is 0 Å². The molecule has 1 rings (SSSR count). The second-order valence-corrected chi connectivity index (χ2v) is 4.78. The van der Waals surface area contributed by atoms with Crippen molar-refractivity contribution in [2.75, 3.05) is 0 Å². The third-order valence-electron chi connectivity index (χ3n) is 2.80. The molecule has 1 saturated carbocycles. The highest BCUT2D eigenvalue weighted by molar-refractivity contribution is 5.79. The second kappa shape index (κ2) is 6.54. The molecule has 0 heterocycles. The molecule has 4 nitrogen and oxygen atoms in total. The van der Waals surface area contributed by atoms with Gasteiger partial charge in [0, 0.05) is 24.2 Å². The Hall–Kier alpha value is -1.59. The molecule has 1 aliphatic rings. The number of nitrogens with zero attached hydrogens (tertiary/aromatic N) is 1. The predicted molar refractivity (Wildman–Crippen MR) is 66.3 cm³/mol. The van der Waals surface area contributed by atoms with E-state index in [2.05, 4.69) is 4.74 Å². The van der Waals surface area contributed by atoms with Crippen molar-refractivity contribution in [2.45, 2.75) is 46.3 Å². The molecule has 6 heteroatoms. The smallest absolute Gasteiger partial charge is 0.387 e. The van der Waals surface area contributed by atoms with Crippen molar-refractivity contribution in [3.05, 3.63) is 23.7 Å². The van der Waals surface area contributed by atoms with Gasteiger partial charge < -0.3 is 14.7 Å². The van der Waals surface area contributed by atoms with Crippen LogP contribution in [0, 0.1) is 5.92 Å². The Morgan fingerprint density at radius 2 is 2.00 bits per heavy atom. The van der Waals surface area contributed by atoms with E-state index >= 15 is 0 Å². The van der Waals surface area contributed by atoms with Crippen LogP contribution in [0.3, 0.4) is 0 Å². The number of hydrogen-bond donors (Lipinski definition) is 1. The highest BCUT2D eigenvalue weighted by atomic mass is 19.3. The first-order valence-electron chi connectivity index (χ1n) is 6.18. The number of halogens is 2. The minimum absolute atomic E-state index is 0.172. The van der Waals surface area contributed by atoms with Gasteiger partial charge in [-0.15, -0.1) is 0 Å². The number of hydrogen-bond acceptors (Lipinski definition) is 3. The van der Waals surface area contributed by atoms with Crippen molar-refractivity contribution < 1.29 is 23.4 Å². The van der Waals surface area contributed by atoms with E-state index in [-0.39, 0.29) is 17.7 Å². The molecule has 0 unspecified atom stereocenters. The van der Waals surface area contributed by atoms with Gasteiger partial charge in [-0.3, -0.25) is 0 Å². The molecule has 0 aromatic rings. The Morgan fingerprint density at radius 1 is 1.42 bits per heavy atom. The molecule has 0 aromatic heterocycles. The van der Waals surface area contributed by atoms with Crippen LogP contribution in [0.4, 0.5) is 8.78 Å². The van der Waals surface area contributed by atoms with E-state index in [1.165, 1.54) is 6.20 Å². The van der Waals surface area contributed by atoms with Crippen LogP contribution in [-0.4, -0.2) is 28.6 Å². The van der Waals surface area contributed by atoms with Gasteiger partial charge in [0.25, 0.3) is 0 Å². The maximum absolute atomic E-state index is 12.4. The third kappa shape index (κ3) is 4.89. The van der Waals surface area contributed by atoms with Crippen LogP contribution in [0.2, 0.25) is 0 Å². The lowest BCUT2D eigenvalue weighted by molar-refractivity contribution is -0.131. The lowest BCUT2D eigenvalue weighted by Crippen LogP contribution is -2.22. The summed E-state index contributed by atoms with van der Waals surface area (Å²) in [5.74, 6) is -1.08. The zero-order valence-corrected chi connectivity index (χ0v) is 11.3. The lowest BCUT2D eigenvalue weighted by Gasteiger charge is -2.25. The average molecular weight is 275 g/mol. The van der Waals surface area contributed by atoms with Gasteiger partial charge in [0.05, 0.1) is 5.70 Å². The summed E-state index contributed by atoms with van der Waals surface area (Å²) in [6.45, 7) is 2.31. The Labute approximate surface area is 111 Å². The zero-order chi connectivity index (χ0) is 14.6. The van der Waals surface area contributed by atoms with Crippen LogP contribution in [0.15, 0.2) is 23.7 Å². The minimum Gasteiger partial charge on any atom is -0.478 e. The van der Waals surface area contributed by atoms with E-state index in [4.69, 9.17) is 5.11 Å². The zero-order valence-electron chi connectivity index (χ0n) is 11.3. The van der Waals surface area contributed by atoms with Crippen molar-refractivity contribution >= 4 is 5.97 Å². The molecule has 1 fully saturated rings. The highest BCUT2D eigenvalue weighted by Gasteiger charge is 2.30.